The molecule has 0 aliphatic carbocycles. The van der Waals surface area contributed by atoms with E-state index in [1.807, 2.05) is 104 Å². The molecule has 19 heteroatoms. The summed E-state index contributed by atoms with van der Waals surface area (Å²) in [5.41, 5.74) is 10.4. The normalized spacial score (nSPS) is 13.7. The van der Waals surface area contributed by atoms with Crippen LogP contribution in [0.25, 0.3) is 33.5 Å². The average molecular weight is 1060 g/mol. The average Bonchev–Trinajstić information content (AvgIpc) is 4.40. The Bertz CT molecular complexity index is 4000. The minimum atomic E-state index is -1.20. The fourth-order valence-electron chi connectivity index (χ4n) is 9.60. The number of hydrogen-bond donors (Lipinski definition) is 4. The molecule has 17 nitrogen and oxygen atoms in total. The van der Waals surface area contributed by atoms with Crippen molar-refractivity contribution in [1.29, 1.82) is 0 Å². The molecule has 0 spiro atoms. The van der Waals surface area contributed by atoms with Gasteiger partial charge < -0.3 is 35.5 Å². The fourth-order valence-corrected chi connectivity index (χ4v) is 9.60. The zero-order chi connectivity index (χ0) is 54.0. The van der Waals surface area contributed by atoms with Crippen LogP contribution in [-0.4, -0.2) is 86.2 Å². The lowest BCUT2D eigenvalue weighted by molar-refractivity contribution is -0.124. The second-order valence-electron chi connectivity index (χ2n) is 18.8. The molecule has 6 aromatic carbocycles. The molecule has 12 rings (SSSR count). The molecule has 2 amide bonds. The lowest BCUT2D eigenvalue weighted by Crippen LogP contribution is -2.34. The number of aromatic nitrogens is 6. The van der Waals surface area contributed by atoms with E-state index in [4.69, 9.17) is 14.2 Å². The predicted molar refractivity (Wildman–Crippen MR) is 298 cm³/mol. The number of hydrogen-bond acceptors (Lipinski definition) is 13. The summed E-state index contributed by atoms with van der Waals surface area (Å²) in [6, 6.07) is 44.4. The summed E-state index contributed by atoms with van der Waals surface area (Å²) in [7, 11) is 1.58. The number of methoxy groups -OCH3 is 1. The highest BCUT2D eigenvalue weighted by molar-refractivity contribution is 6.05. The van der Waals surface area contributed by atoms with Gasteiger partial charge in [-0.2, -0.15) is 9.97 Å². The topological polar surface area (TPSA) is 195 Å². The summed E-state index contributed by atoms with van der Waals surface area (Å²) in [4.78, 5) is 47.5. The molecule has 0 radical (unpaired) electrons. The van der Waals surface area contributed by atoms with E-state index in [0.29, 0.717) is 95.2 Å². The SMILES string of the molecule is COc1cc(C2=NCCO2)ccc1Nc1nc2ccc(-c3ccc(NC(=O)C(c4ccc(F)cc4)C(C(=O)Nc4ccc(-c5ccc6nc(Nc7ccc(C8=NCCO8)cc7C)nn6c5)cc4)c4ccc(F)cc4)cc3)cn2n1. The van der Waals surface area contributed by atoms with Crippen LogP contribution < -0.4 is 26.0 Å². The van der Waals surface area contributed by atoms with Gasteiger partial charge in [-0.25, -0.2) is 27.8 Å². The highest BCUT2D eigenvalue weighted by Gasteiger charge is 2.37. The molecule has 10 aromatic rings. The summed E-state index contributed by atoms with van der Waals surface area (Å²) in [5, 5.41) is 21.9. The number of rotatable bonds is 16. The van der Waals surface area contributed by atoms with E-state index in [1.54, 1.807) is 40.4 Å². The first-order valence-electron chi connectivity index (χ1n) is 25.3. The van der Waals surface area contributed by atoms with Gasteiger partial charge in [0.05, 0.1) is 37.7 Å². The van der Waals surface area contributed by atoms with Crippen molar-refractivity contribution in [1.82, 2.24) is 29.2 Å². The first-order valence-corrected chi connectivity index (χ1v) is 25.3. The second kappa shape index (κ2) is 21.4. The number of amides is 2. The number of carbonyl (C=O) groups excluding carboxylic acids is 2. The van der Waals surface area contributed by atoms with Crippen LogP contribution in [0.3, 0.4) is 0 Å². The van der Waals surface area contributed by atoms with Crippen LogP contribution in [0, 0.1) is 18.6 Å². The maximum absolute atomic E-state index is 14.7. The van der Waals surface area contributed by atoms with Crippen LogP contribution >= 0.6 is 0 Å². The predicted octanol–water partition coefficient (Wildman–Crippen LogP) is 10.9. The molecular weight excluding hydrogens is 1010 g/mol. The zero-order valence-corrected chi connectivity index (χ0v) is 42.5. The summed E-state index contributed by atoms with van der Waals surface area (Å²) in [5.74, 6) is -1.94. The third-order valence-corrected chi connectivity index (χ3v) is 13.6. The van der Waals surface area contributed by atoms with Gasteiger partial charge in [-0.05, 0) is 144 Å². The Morgan fingerprint density at radius 2 is 0.962 bits per heavy atom. The number of nitrogens with zero attached hydrogens (tertiary/aromatic N) is 8. The number of fused-ring (bicyclic) bond motifs is 2. The number of nitrogens with one attached hydrogen (secondary N) is 4. The molecule has 6 heterocycles. The zero-order valence-electron chi connectivity index (χ0n) is 42.5. The third kappa shape index (κ3) is 10.6. The maximum Gasteiger partial charge on any atom is 0.247 e. The van der Waals surface area contributed by atoms with Crippen LogP contribution in [-0.2, 0) is 19.1 Å². The number of aliphatic imine (C=N–C) groups is 2. The first kappa shape index (κ1) is 49.6. The van der Waals surface area contributed by atoms with E-state index in [1.165, 1.54) is 48.5 Å². The molecular formula is C60H48F2N12O5. The number of carbonyl (C=O) groups is 2. The Morgan fingerprint density at radius 1 is 0.532 bits per heavy atom. The smallest absolute Gasteiger partial charge is 0.247 e. The summed E-state index contributed by atoms with van der Waals surface area (Å²) < 4.78 is 49.2. The largest absolute Gasteiger partial charge is 0.495 e. The molecule has 0 bridgehead atoms. The van der Waals surface area contributed by atoms with Gasteiger partial charge >= 0.3 is 0 Å². The monoisotopic (exact) mass is 1050 g/mol. The van der Waals surface area contributed by atoms with Gasteiger partial charge in [0.25, 0.3) is 0 Å². The second-order valence-corrected chi connectivity index (χ2v) is 18.8. The Balaban J connectivity index is 0.754. The Hall–Kier alpha value is -10.3. The van der Waals surface area contributed by atoms with Crippen molar-refractivity contribution in [3.05, 3.63) is 210 Å². The van der Waals surface area contributed by atoms with Crippen LogP contribution in [0.5, 0.6) is 5.75 Å². The van der Waals surface area contributed by atoms with Crippen molar-refractivity contribution in [2.24, 2.45) is 9.98 Å². The van der Waals surface area contributed by atoms with Crippen molar-refractivity contribution in [2.45, 2.75) is 18.8 Å². The minimum Gasteiger partial charge on any atom is -0.495 e. The fraction of sp³-hybridized carbons (Fsp3) is 0.133. The number of halogens is 2. The molecule has 2 aliphatic heterocycles. The van der Waals surface area contributed by atoms with Crippen LogP contribution in [0.4, 0.5) is 43.4 Å². The Kier molecular flexibility index (Phi) is 13.4. The number of pyridine rings is 2. The highest BCUT2D eigenvalue weighted by Crippen LogP contribution is 2.37. The summed E-state index contributed by atoms with van der Waals surface area (Å²) in [6.07, 6.45) is 3.71. The van der Waals surface area contributed by atoms with Crippen molar-refractivity contribution in [3.63, 3.8) is 0 Å². The summed E-state index contributed by atoms with van der Waals surface area (Å²) >= 11 is 0. The van der Waals surface area contributed by atoms with E-state index in [2.05, 4.69) is 51.4 Å². The van der Waals surface area contributed by atoms with Crippen molar-refractivity contribution < 1.29 is 32.6 Å². The van der Waals surface area contributed by atoms with E-state index < -0.39 is 35.3 Å². The third-order valence-electron chi connectivity index (χ3n) is 13.6. The minimum absolute atomic E-state index is 0.360. The van der Waals surface area contributed by atoms with Gasteiger partial charge in [0.2, 0.25) is 35.5 Å². The molecule has 4 aromatic heterocycles. The van der Waals surface area contributed by atoms with Crippen LogP contribution in [0.1, 0.15) is 39.7 Å². The lowest BCUT2D eigenvalue weighted by Gasteiger charge is -2.27. The van der Waals surface area contributed by atoms with E-state index >= 15 is 0 Å². The van der Waals surface area contributed by atoms with Crippen molar-refractivity contribution in [3.8, 4) is 28.0 Å². The number of ether oxygens (including phenoxy) is 3. The molecule has 2 atom stereocenters. The molecule has 4 N–H and O–H groups in total. The Morgan fingerprint density at radius 3 is 1.41 bits per heavy atom. The maximum atomic E-state index is 14.7. The molecule has 0 saturated carbocycles. The van der Waals surface area contributed by atoms with E-state index in [-0.39, 0.29) is 0 Å². The van der Waals surface area contributed by atoms with Gasteiger partial charge in [0, 0.05) is 51.7 Å². The highest BCUT2D eigenvalue weighted by atomic mass is 19.1. The van der Waals surface area contributed by atoms with Crippen LogP contribution in [0.15, 0.2) is 180 Å². The molecule has 0 fully saturated rings. The molecule has 392 valence electrons. The quantitative estimate of drug-likeness (QED) is 0.0719. The number of anilines is 6. The standard InChI is InChI=1S/C60H48F2N12O5/c1-35-31-40(57-63-27-29-78-57)11-23-48(35)67-59-69-51-25-13-42(33-73(51)71-59)36-7-19-46(20-8-36)65-55(75)53(38-3-15-44(61)16-4-38)54(39-5-17-45(62)18-6-39)56(76)66-47-21-9-37(10-22-47)43-14-26-52-70-60(72-74(52)34-43)68-49-24-12-41(32-50(49)77-2)58-64-28-30-79-58/h3-26,31-34,53-54H,27-30H2,1-2H3,(H,65,75)(H,66,76)(H,67,71)(H,68,72). The van der Waals surface area contributed by atoms with Crippen molar-refractivity contribution in [2.75, 3.05) is 54.7 Å². The van der Waals surface area contributed by atoms with Gasteiger partial charge in [0.1, 0.15) is 30.6 Å². The van der Waals surface area contributed by atoms with Gasteiger partial charge in [-0.1, -0.05) is 48.5 Å². The first-order chi connectivity index (χ1) is 38.6. The van der Waals surface area contributed by atoms with Crippen molar-refractivity contribution >= 4 is 69.6 Å². The van der Waals surface area contributed by atoms with Gasteiger partial charge in [-0.15, -0.1) is 10.2 Å². The molecule has 79 heavy (non-hydrogen) atoms. The molecule has 0 saturated heterocycles. The number of aryl methyl sites for hydroxylation is 1. The molecule has 2 aliphatic rings. The van der Waals surface area contributed by atoms with Crippen LogP contribution in [0.2, 0.25) is 0 Å². The summed E-state index contributed by atoms with van der Waals surface area (Å²) in [6.45, 7) is 4.40. The van der Waals surface area contributed by atoms with E-state index in [0.717, 1.165) is 44.6 Å². The molecule has 2 unspecified atom stereocenters. The van der Waals surface area contributed by atoms with Gasteiger partial charge in [0.15, 0.2) is 11.3 Å². The number of benzene rings is 6. The lowest BCUT2D eigenvalue weighted by atomic mass is 9.79. The van der Waals surface area contributed by atoms with E-state index in [9.17, 15) is 18.4 Å². The Labute approximate surface area is 450 Å². The van der Waals surface area contributed by atoms with Gasteiger partial charge in [-0.3, -0.25) is 9.59 Å².